The van der Waals surface area contributed by atoms with E-state index >= 15 is 0 Å². The number of aliphatic hydroxyl groups is 1. The van der Waals surface area contributed by atoms with Crippen LogP contribution >= 0.6 is 0 Å². The summed E-state index contributed by atoms with van der Waals surface area (Å²) in [6.45, 7) is 8.37. The summed E-state index contributed by atoms with van der Waals surface area (Å²) in [6, 6.07) is 14.1. The molecule has 1 atom stereocenters. The van der Waals surface area contributed by atoms with Crippen LogP contribution in [0.15, 0.2) is 54.6 Å². The summed E-state index contributed by atoms with van der Waals surface area (Å²) in [5.41, 5.74) is 2.74. The maximum atomic E-state index is 13.4. The van der Waals surface area contributed by atoms with Crippen molar-refractivity contribution in [3.63, 3.8) is 0 Å². The summed E-state index contributed by atoms with van der Waals surface area (Å²) in [5, 5.41) is 15.1. The molecule has 1 N–H and O–H groups in total. The SMILES string of the molecule is CC(C)Cc1cc(CCC(=O)CN2CCN(C[C@H](O)COc3ccc(F)cc3)CC2)nn1-c1ccc(F)cc1. The molecule has 1 saturated heterocycles. The van der Waals surface area contributed by atoms with E-state index in [1.807, 2.05) is 4.68 Å². The number of piperazine rings is 1. The number of hydrogen-bond acceptors (Lipinski definition) is 6. The number of β-amino-alcohol motifs (C(OH)–C–C–N with tert-alkyl or cyclic N) is 1. The summed E-state index contributed by atoms with van der Waals surface area (Å²) >= 11 is 0. The lowest BCUT2D eigenvalue weighted by Gasteiger charge is -2.35. The molecular weight excluding hydrogens is 502 g/mol. The van der Waals surface area contributed by atoms with Crippen LogP contribution in [-0.4, -0.2) is 82.4 Å². The molecule has 1 aromatic heterocycles. The molecule has 4 rings (SSSR count). The number of hydrogen-bond donors (Lipinski definition) is 1. The molecule has 7 nitrogen and oxygen atoms in total. The van der Waals surface area contributed by atoms with Gasteiger partial charge in [0, 0.05) is 44.8 Å². The summed E-state index contributed by atoms with van der Waals surface area (Å²) in [4.78, 5) is 17.1. The highest BCUT2D eigenvalue weighted by atomic mass is 19.1. The lowest BCUT2D eigenvalue weighted by atomic mass is 10.1. The van der Waals surface area contributed by atoms with Crippen molar-refractivity contribution in [2.75, 3.05) is 45.9 Å². The van der Waals surface area contributed by atoms with Crippen molar-refractivity contribution in [1.29, 1.82) is 0 Å². The fourth-order valence-electron chi connectivity index (χ4n) is 4.77. The van der Waals surface area contributed by atoms with Gasteiger partial charge < -0.3 is 9.84 Å². The minimum Gasteiger partial charge on any atom is -0.491 e. The number of aromatic nitrogens is 2. The molecule has 2 aromatic carbocycles. The zero-order valence-corrected chi connectivity index (χ0v) is 22.7. The van der Waals surface area contributed by atoms with Gasteiger partial charge in [-0.15, -0.1) is 0 Å². The quantitative estimate of drug-likeness (QED) is 0.355. The highest BCUT2D eigenvalue weighted by Gasteiger charge is 2.21. The van der Waals surface area contributed by atoms with Gasteiger partial charge in [0.15, 0.2) is 0 Å². The van der Waals surface area contributed by atoms with Gasteiger partial charge >= 0.3 is 0 Å². The number of halogens is 2. The third kappa shape index (κ3) is 8.95. The van der Waals surface area contributed by atoms with E-state index in [9.17, 15) is 18.7 Å². The number of rotatable bonds is 13. The fraction of sp³-hybridized carbons (Fsp3) is 0.467. The molecule has 1 fully saturated rings. The summed E-state index contributed by atoms with van der Waals surface area (Å²) < 4.78 is 33.8. The van der Waals surface area contributed by atoms with E-state index < -0.39 is 6.10 Å². The van der Waals surface area contributed by atoms with E-state index in [2.05, 4.69) is 29.7 Å². The van der Waals surface area contributed by atoms with E-state index in [-0.39, 0.29) is 24.0 Å². The molecule has 1 aliphatic rings. The van der Waals surface area contributed by atoms with Crippen molar-refractivity contribution >= 4 is 5.78 Å². The van der Waals surface area contributed by atoms with Gasteiger partial charge in [0.05, 0.1) is 17.9 Å². The fourth-order valence-corrected chi connectivity index (χ4v) is 4.77. The Hall–Kier alpha value is -3.14. The molecule has 0 aliphatic carbocycles. The van der Waals surface area contributed by atoms with Gasteiger partial charge in [0.25, 0.3) is 0 Å². The second-order valence-corrected chi connectivity index (χ2v) is 10.6. The molecule has 0 spiro atoms. The number of benzene rings is 2. The Labute approximate surface area is 229 Å². The highest BCUT2D eigenvalue weighted by molar-refractivity contribution is 5.80. The van der Waals surface area contributed by atoms with Crippen molar-refractivity contribution < 1.29 is 23.4 Å². The highest BCUT2D eigenvalue weighted by Crippen LogP contribution is 2.18. The van der Waals surface area contributed by atoms with Crippen molar-refractivity contribution in [2.24, 2.45) is 5.92 Å². The molecule has 3 aromatic rings. The molecule has 9 heteroatoms. The first kappa shape index (κ1) is 28.9. The summed E-state index contributed by atoms with van der Waals surface area (Å²) in [5.74, 6) is 0.537. The number of ketones is 1. The predicted molar refractivity (Wildman–Crippen MR) is 146 cm³/mol. The van der Waals surface area contributed by atoms with Crippen LogP contribution in [0.4, 0.5) is 8.78 Å². The first-order chi connectivity index (χ1) is 18.7. The Kier molecular flexibility index (Phi) is 10.2. The zero-order chi connectivity index (χ0) is 27.8. The molecule has 0 amide bonds. The lowest BCUT2D eigenvalue weighted by molar-refractivity contribution is -0.120. The zero-order valence-electron chi connectivity index (χ0n) is 22.7. The van der Waals surface area contributed by atoms with Crippen LogP contribution in [0.25, 0.3) is 5.69 Å². The van der Waals surface area contributed by atoms with Gasteiger partial charge in [-0.05, 0) is 73.4 Å². The average Bonchev–Trinajstić information content (AvgIpc) is 3.30. The standard InChI is InChI=1S/C30H38F2N4O3/c1-22(2)17-27-18-25(33-36(27)26-8-3-23(31)4-9-26)7-10-28(37)19-34-13-15-35(16-14-34)20-29(38)21-39-30-11-5-24(32)6-12-30/h3-6,8-9,11-12,18,22,29,38H,7,10,13-17,19-21H2,1-2H3/t29-/m0/s1. The van der Waals surface area contributed by atoms with Gasteiger partial charge in [-0.2, -0.15) is 5.10 Å². The summed E-state index contributed by atoms with van der Waals surface area (Å²) in [7, 11) is 0. The second-order valence-electron chi connectivity index (χ2n) is 10.6. The largest absolute Gasteiger partial charge is 0.491 e. The lowest BCUT2D eigenvalue weighted by Crippen LogP contribution is -2.50. The Morgan fingerprint density at radius 2 is 1.59 bits per heavy atom. The van der Waals surface area contributed by atoms with Gasteiger partial charge in [-0.25, -0.2) is 13.5 Å². The second kappa shape index (κ2) is 13.8. The van der Waals surface area contributed by atoms with Crippen LogP contribution in [0.1, 0.15) is 31.7 Å². The molecule has 0 unspecified atom stereocenters. The van der Waals surface area contributed by atoms with E-state index in [0.717, 1.165) is 49.7 Å². The van der Waals surface area contributed by atoms with Crippen molar-refractivity contribution in [2.45, 2.75) is 39.2 Å². The number of nitrogens with zero attached hydrogens (tertiary/aromatic N) is 4. The van der Waals surface area contributed by atoms with Crippen LogP contribution in [0, 0.1) is 17.6 Å². The van der Waals surface area contributed by atoms with E-state index in [4.69, 9.17) is 9.84 Å². The Morgan fingerprint density at radius 1 is 0.974 bits per heavy atom. The first-order valence-corrected chi connectivity index (χ1v) is 13.6. The summed E-state index contributed by atoms with van der Waals surface area (Å²) in [6.07, 6.45) is 1.17. The minimum absolute atomic E-state index is 0.139. The Balaban J connectivity index is 1.19. The van der Waals surface area contributed by atoms with Crippen LogP contribution < -0.4 is 4.74 Å². The van der Waals surface area contributed by atoms with Gasteiger partial charge in [0.2, 0.25) is 0 Å². The Morgan fingerprint density at radius 3 is 2.23 bits per heavy atom. The van der Waals surface area contributed by atoms with Gasteiger partial charge in [-0.3, -0.25) is 14.6 Å². The minimum atomic E-state index is -0.654. The smallest absolute Gasteiger partial charge is 0.147 e. The van der Waals surface area contributed by atoms with Crippen molar-refractivity contribution in [1.82, 2.24) is 19.6 Å². The normalized spacial score (nSPS) is 15.5. The number of aryl methyl sites for hydroxylation is 1. The van der Waals surface area contributed by atoms with E-state index in [1.54, 1.807) is 24.3 Å². The van der Waals surface area contributed by atoms with E-state index in [0.29, 0.717) is 37.6 Å². The number of Topliss-reactive ketones (excluding diaryl/α,β-unsaturated/α-hetero) is 1. The number of aliphatic hydroxyl groups excluding tert-OH is 1. The number of carbonyl (C=O) groups excluding carboxylic acids is 1. The van der Waals surface area contributed by atoms with Crippen molar-refractivity contribution in [3.05, 3.63) is 77.6 Å². The number of ether oxygens (including phenoxy) is 1. The maximum absolute atomic E-state index is 13.4. The maximum Gasteiger partial charge on any atom is 0.147 e. The molecular formula is C30H38F2N4O3. The van der Waals surface area contributed by atoms with Gasteiger partial charge in [0.1, 0.15) is 35.9 Å². The molecule has 210 valence electrons. The molecule has 39 heavy (non-hydrogen) atoms. The molecule has 1 aliphatic heterocycles. The monoisotopic (exact) mass is 540 g/mol. The third-order valence-electron chi connectivity index (χ3n) is 6.77. The number of carbonyl (C=O) groups is 1. The molecule has 0 saturated carbocycles. The van der Waals surface area contributed by atoms with Crippen LogP contribution in [0.2, 0.25) is 0 Å². The molecule has 0 radical (unpaired) electrons. The molecule has 2 heterocycles. The molecule has 0 bridgehead atoms. The van der Waals surface area contributed by atoms with E-state index in [1.165, 1.54) is 24.3 Å². The van der Waals surface area contributed by atoms with Crippen molar-refractivity contribution in [3.8, 4) is 11.4 Å². The third-order valence-corrected chi connectivity index (χ3v) is 6.77. The predicted octanol–water partition coefficient (Wildman–Crippen LogP) is 3.91. The van der Waals surface area contributed by atoms with Crippen LogP contribution in [0.3, 0.4) is 0 Å². The van der Waals surface area contributed by atoms with Gasteiger partial charge in [-0.1, -0.05) is 13.8 Å². The van der Waals surface area contributed by atoms with Crippen LogP contribution in [0.5, 0.6) is 5.75 Å². The first-order valence-electron chi connectivity index (χ1n) is 13.6. The average molecular weight is 541 g/mol. The Bertz CT molecular complexity index is 1190. The topological polar surface area (TPSA) is 70.8 Å². The van der Waals surface area contributed by atoms with Crippen LogP contribution in [-0.2, 0) is 17.6 Å².